The quantitative estimate of drug-likeness (QED) is 0.855. The maximum absolute atomic E-state index is 13.4. The van der Waals surface area contributed by atoms with Crippen LogP contribution in [0.15, 0.2) is 24.5 Å². The maximum atomic E-state index is 13.4. The molecule has 0 aliphatic rings. The summed E-state index contributed by atoms with van der Waals surface area (Å²) in [7, 11) is 1.70. The number of nitrogens with zero attached hydrogens (tertiary/aromatic N) is 2. The Bertz CT molecular complexity index is 744. The van der Waals surface area contributed by atoms with Crippen molar-refractivity contribution in [2.24, 2.45) is 7.05 Å². The molecule has 6 nitrogen and oxygen atoms in total. The first-order valence-corrected chi connectivity index (χ1v) is 6.84. The molecule has 0 saturated carbocycles. The van der Waals surface area contributed by atoms with Crippen molar-refractivity contribution in [3.8, 4) is 0 Å². The lowest BCUT2D eigenvalue weighted by molar-refractivity contribution is -0.115. The number of aryl methyl sites for hydroxylation is 1. The summed E-state index contributed by atoms with van der Waals surface area (Å²) in [5.41, 5.74) is 0.256. The van der Waals surface area contributed by atoms with Crippen LogP contribution in [0.4, 0.5) is 14.5 Å². The van der Waals surface area contributed by atoms with Crippen molar-refractivity contribution in [3.63, 3.8) is 0 Å². The first kappa shape index (κ1) is 16.6. The number of carbonyl (C=O) groups is 2. The Hall–Kier alpha value is -2.77. The molecule has 1 heterocycles. The summed E-state index contributed by atoms with van der Waals surface area (Å²) in [6, 6.07) is 1.45. The van der Waals surface area contributed by atoms with Gasteiger partial charge < -0.3 is 10.1 Å². The predicted molar refractivity (Wildman–Crippen MR) is 77.9 cm³/mol. The van der Waals surface area contributed by atoms with Crippen LogP contribution in [0.25, 0.3) is 0 Å². The molecule has 122 valence electrons. The zero-order valence-electron chi connectivity index (χ0n) is 12.6. The van der Waals surface area contributed by atoms with Crippen molar-refractivity contribution in [1.82, 2.24) is 9.78 Å². The van der Waals surface area contributed by atoms with Gasteiger partial charge >= 0.3 is 5.97 Å². The maximum Gasteiger partial charge on any atom is 0.340 e. The fourth-order valence-electron chi connectivity index (χ4n) is 1.97. The zero-order chi connectivity index (χ0) is 17.0. The Morgan fingerprint density at radius 1 is 1.30 bits per heavy atom. The third-order valence-corrected chi connectivity index (χ3v) is 2.95. The van der Waals surface area contributed by atoms with E-state index in [4.69, 9.17) is 4.74 Å². The number of carbonyl (C=O) groups excluding carboxylic acids is 2. The van der Waals surface area contributed by atoms with Gasteiger partial charge in [0.2, 0.25) is 5.91 Å². The molecule has 1 aromatic carbocycles. The normalized spacial score (nSPS) is 10.4. The molecule has 0 fully saturated rings. The zero-order valence-corrected chi connectivity index (χ0v) is 12.6. The van der Waals surface area contributed by atoms with Crippen molar-refractivity contribution >= 4 is 17.6 Å². The average molecular weight is 323 g/mol. The predicted octanol–water partition coefficient (Wildman–Crippen LogP) is 2.06. The van der Waals surface area contributed by atoms with E-state index in [1.165, 1.54) is 10.9 Å². The lowest BCUT2D eigenvalue weighted by Gasteiger charge is -2.11. The highest BCUT2D eigenvalue weighted by atomic mass is 19.2. The number of amides is 1. The Balaban J connectivity index is 2.21. The topological polar surface area (TPSA) is 73.2 Å². The second-order valence-corrected chi connectivity index (χ2v) is 4.78. The second kappa shape index (κ2) is 6.99. The average Bonchev–Trinajstić information content (AvgIpc) is 2.87. The first-order chi connectivity index (χ1) is 10.9. The van der Waals surface area contributed by atoms with Crippen LogP contribution < -0.4 is 5.32 Å². The van der Waals surface area contributed by atoms with Crippen LogP contribution in [-0.4, -0.2) is 28.3 Å². The monoisotopic (exact) mass is 323 g/mol. The van der Waals surface area contributed by atoms with E-state index in [0.29, 0.717) is 11.6 Å². The van der Waals surface area contributed by atoms with Crippen molar-refractivity contribution in [2.45, 2.75) is 13.3 Å². The van der Waals surface area contributed by atoms with Gasteiger partial charge in [-0.15, -0.1) is 0 Å². The number of nitrogens with one attached hydrogen (secondary N) is 1. The molecular formula is C15H15F2N3O3. The van der Waals surface area contributed by atoms with Gasteiger partial charge in [-0.2, -0.15) is 5.10 Å². The van der Waals surface area contributed by atoms with Crippen molar-refractivity contribution in [1.29, 1.82) is 0 Å². The van der Waals surface area contributed by atoms with Crippen LogP contribution in [0.3, 0.4) is 0 Å². The minimum absolute atomic E-state index is 0.0187. The van der Waals surface area contributed by atoms with E-state index in [2.05, 4.69) is 10.4 Å². The number of benzene rings is 1. The molecular weight excluding hydrogens is 308 g/mol. The summed E-state index contributed by atoms with van der Waals surface area (Å²) in [6.45, 7) is 1.65. The molecule has 23 heavy (non-hydrogen) atoms. The standard InChI is InChI=1S/C15H15F2N3O3/c1-3-23-15(22)10-5-11(16)12(17)6-13(10)19-14(21)4-9-7-18-20(2)8-9/h5-8H,3-4H2,1-2H3,(H,19,21). The highest BCUT2D eigenvalue weighted by Gasteiger charge is 2.19. The summed E-state index contributed by atoms with van der Waals surface area (Å²) in [5, 5.41) is 6.32. The molecule has 0 spiro atoms. The molecule has 1 aromatic heterocycles. The molecule has 0 saturated heterocycles. The highest BCUT2D eigenvalue weighted by molar-refractivity contribution is 6.01. The smallest absolute Gasteiger partial charge is 0.340 e. The third kappa shape index (κ3) is 4.12. The Labute approximate surface area is 131 Å². The van der Waals surface area contributed by atoms with Gasteiger partial charge in [-0.1, -0.05) is 0 Å². The van der Waals surface area contributed by atoms with Gasteiger partial charge in [0, 0.05) is 19.3 Å². The molecule has 0 bridgehead atoms. The van der Waals surface area contributed by atoms with Crippen molar-refractivity contribution < 1.29 is 23.1 Å². The van der Waals surface area contributed by atoms with Gasteiger partial charge in [-0.05, 0) is 18.6 Å². The van der Waals surface area contributed by atoms with Gasteiger partial charge in [0.1, 0.15) is 0 Å². The van der Waals surface area contributed by atoms with E-state index in [0.717, 1.165) is 6.07 Å². The number of aromatic nitrogens is 2. The van der Waals surface area contributed by atoms with E-state index in [9.17, 15) is 18.4 Å². The lowest BCUT2D eigenvalue weighted by Crippen LogP contribution is -2.18. The van der Waals surface area contributed by atoms with Gasteiger partial charge in [-0.25, -0.2) is 13.6 Å². The molecule has 0 unspecified atom stereocenters. The Morgan fingerprint density at radius 3 is 2.61 bits per heavy atom. The summed E-state index contributed by atoms with van der Waals surface area (Å²) in [4.78, 5) is 23.8. The largest absolute Gasteiger partial charge is 0.462 e. The number of anilines is 1. The van der Waals surface area contributed by atoms with Gasteiger partial charge in [-0.3, -0.25) is 9.48 Å². The molecule has 0 atom stereocenters. The first-order valence-electron chi connectivity index (χ1n) is 6.84. The number of esters is 1. The summed E-state index contributed by atoms with van der Waals surface area (Å²) >= 11 is 0. The Morgan fingerprint density at radius 2 is 2.00 bits per heavy atom. The van der Waals surface area contributed by atoms with E-state index in [1.54, 1.807) is 20.2 Å². The van der Waals surface area contributed by atoms with Crippen LogP contribution in [0.2, 0.25) is 0 Å². The fourth-order valence-corrected chi connectivity index (χ4v) is 1.97. The van der Waals surface area contributed by atoms with Gasteiger partial charge in [0.25, 0.3) is 0 Å². The second-order valence-electron chi connectivity index (χ2n) is 4.78. The molecule has 1 N–H and O–H groups in total. The van der Waals surface area contributed by atoms with Crippen LogP contribution in [-0.2, 0) is 23.0 Å². The molecule has 8 heteroatoms. The highest BCUT2D eigenvalue weighted by Crippen LogP contribution is 2.21. The molecule has 2 aromatic rings. The number of hydrogen-bond acceptors (Lipinski definition) is 4. The van der Waals surface area contributed by atoms with E-state index in [-0.39, 0.29) is 24.3 Å². The van der Waals surface area contributed by atoms with E-state index >= 15 is 0 Å². The number of hydrogen-bond donors (Lipinski definition) is 1. The number of halogens is 2. The fraction of sp³-hybridized carbons (Fsp3) is 0.267. The van der Waals surface area contributed by atoms with Crippen LogP contribution in [0.5, 0.6) is 0 Å². The van der Waals surface area contributed by atoms with E-state index < -0.39 is 23.5 Å². The number of rotatable bonds is 5. The molecule has 0 radical (unpaired) electrons. The van der Waals surface area contributed by atoms with Crippen LogP contribution in [0.1, 0.15) is 22.8 Å². The molecule has 1 amide bonds. The van der Waals surface area contributed by atoms with Gasteiger partial charge in [0.05, 0.1) is 30.5 Å². The van der Waals surface area contributed by atoms with E-state index in [1.807, 2.05) is 0 Å². The van der Waals surface area contributed by atoms with Gasteiger partial charge in [0.15, 0.2) is 11.6 Å². The molecule has 0 aliphatic heterocycles. The third-order valence-electron chi connectivity index (χ3n) is 2.95. The molecule has 0 aliphatic carbocycles. The van der Waals surface area contributed by atoms with Crippen LogP contribution >= 0.6 is 0 Å². The number of ether oxygens (including phenoxy) is 1. The SMILES string of the molecule is CCOC(=O)c1cc(F)c(F)cc1NC(=O)Cc1cnn(C)c1. The summed E-state index contributed by atoms with van der Waals surface area (Å²) in [5.74, 6) is -3.70. The minimum atomic E-state index is -1.20. The van der Waals surface area contributed by atoms with Crippen LogP contribution in [0, 0.1) is 11.6 Å². The molecule has 2 rings (SSSR count). The van der Waals surface area contributed by atoms with Crippen molar-refractivity contribution in [3.05, 3.63) is 47.3 Å². The lowest BCUT2D eigenvalue weighted by atomic mass is 10.1. The summed E-state index contributed by atoms with van der Waals surface area (Å²) in [6.07, 6.45) is 3.14. The minimum Gasteiger partial charge on any atom is -0.462 e. The Kier molecular flexibility index (Phi) is 5.05. The van der Waals surface area contributed by atoms with Crippen molar-refractivity contribution in [2.75, 3.05) is 11.9 Å². The summed E-state index contributed by atoms with van der Waals surface area (Å²) < 4.78 is 33.0.